The van der Waals surface area contributed by atoms with Gasteiger partial charge in [0.2, 0.25) is 19.7 Å². The molecule has 2 saturated heterocycles. The average Bonchev–Trinajstić information content (AvgIpc) is 3.65. The van der Waals surface area contributed by atoms with Crippen LogP contribution in [0.2, 0.25) is 0 Å². The highest BCUT2D eigenvalue weighted by Crippen LogP contribution is 2.38. The van der Waals surface area contributed by atoms with Crippen LogP contribution in [0.3, 0.4) is 0 Å². The highest BCUT2D eigenvalue weighted by Gasteiger charge is 2.53. The quantitative estimate of drug-likeness (QED) is 0.0669. The second-order valence-corrected chi connectivity index (χ2v) is 23.9. The van der Waals surface area contributed by atoms with Crippen LogP contribution in [0.4, 0.5) is 0 Å². The molecule has 0 bridgehead atoms. The van der Waals surface area contributed by atoms with Crippen LogP contribution in [0.25, 0.3) is 0 Å². The Bertz CT molecular complexity index is 2930. The monoisotopic (exact) mass is 1050 g/mol. The smallest absolute Gasteiger partial charge is 0.480 e. The van der Waals surface area contributed by atoms with Gasteiger partial charge in [-0.15, -0.1) is 0 Å². The summed E-state index contributed by atoms with van der Waals surface area (Å²) in [6.07, 6.45) is 0. The van der Waals surface area contributed by atoms with Gasteiger partial charge in [0.15, 0.2) is 0 Å². The number of nitrogens with one attached hydrogen (secondary N) is 2. The lowest BCUT2D eigenvalue weighted by Gasteiger charge is -2.32. The molecular formula is C47H62B4N2O18S2. The van der Waals surface area contributed by atoms with Gasteiger partial charge in [0.05, 0.1) is 42.0 Å². The van der Waals surface area contributed by atoms with Crippen molar-refractivity contribution in [2.45, 2.75) is 131 Å². The highest BCUT2D eigenvalue weighted by atomic mass is 32.2. The molecule has 0 atom stereocenters. The molecule has 7 N–H and O–H groups in total. The largest absolute Gasteiger partial charge is 0.494 e. The number of carboxylic acid groups (broad SMARTS) is 1. The maximum Gasteiger partial charge on any atom is 0.494 e. The molecule has 0 aliphatic carbocycles. The lowest BCUT2D eigenvalue weighted by Crippen LogP contribution is -2.41. The van der Waals surface area contributed by atoms with E-state index in [0.717, 1.165) is 24.3 Å². The summed E-state index contributed by atoms with van der Waals surface area (Å²) >= 11 is 0. The van der Waals surface area contributed by atoms with Crippen molar-refractivity contribution >= 4 is 93.8 Å². The van der Waals surface area contributed by atoms with E-state index in [1.807, 2.05) is 60.7 Å². The Morgan fingerprint density at radius 3 is 1.42 bits per heavy atom. The van der Waals surface area contributed by atoms with E-state index in [1.54, 1.807) is 32.9 Å². The molecule has 26 heteroatoms. The highest BCUT2D eigenvalue weighted by molar-refractivity contribution is 7.91. The van der Waals surface area contributed by atoms with Gasteiger partial charge in [0.1, 0.15) is 18.7 Å². The number of hydrogen-bond donors (Lipinski definition) is 7. The van der Waals surface area contributed by atoms with Crippen LogP contribution in [-0.4, -0.2) is 135 Å². The Morgan fingerprint density at radius 2 is 0.959 bits per heavy atom. The molecule has 2 aliphatic heterocycles. The molecule has 20 nitrogen and oxygen atoms in total. The summed E-state index contributed by atoms with van der Waals surface area (Å²) in [5.41, 5.74) is -3.14. The average molecular weight is 1050 g/mol. The van der Waals surface area contributed by atoms with Gasteiger partial charge in [0, 0.05) is 11.1 Å². The number of carbonyl (C=O) groups is 4. The molecule has 0 spiro atoms. The van der Waals surface area contributed by atoms with E-state index in [0.29, 0.717) is 10.9 Å². The minimum absolute atomic E-state index is 0. The topological polar surface area (TPSA) is 308 Å². The SMILES string of the molecule is C.CC(C)(C)OC(=O)CNC(=O)c1cc(B2OC(C)(C)C(C)(C)O2)cc(S(=O)(=O)c2cccc(B3OC(C)(C)C(C)(C)O3)c2)c1.O=C(O)CNC(=O)c1cc(B(O)O)cc(S(=O)(=O)c2cccc(B(O)O)c2)c1. The zero-order valence-electron chi connectivity index (χ0n) is 41.7. The summed E-state index contributed by atoms with van der Waals surface area (Å²) in [6.45, 7) is 19.2. The normalized spacial score (nSPS) is 16.5. The second-order valence-electron chi connectivity index (χ2n) is 20.0. The first-order chi connectivity index (χ1) is 33.0. The van der Waals surface area contributed by atoms with Gasteiger partial charge >= 0.3 is 40.4 Å². The molecule has 4 aromatic rings. The van der Waals surface area contributed by atoms with Gasteiger partial charge in [0.25, 0.3) is 11.8 Å². The first kappa shape index (κ1) is 60.2. The minimum Gasteiger partial charge on any atom is -0.480 e. The maximum absolute atomic E-state index is 14.1. The third-order valence-corrected chi connectivity index (χ3v) is 15.7. The number of rotatable bonds is 14. The van der Waals surface area contributed by atoms with E-state index >= 15 is 0 Å². The van der Waals surface area contributed by atoms with Crippen molar-refractivity contribution in [2.75, 3.05) is 13.1 Å². The summed E-state index contributed by atoms with van der Waals surface area (Å²) in [5, 5.41) is 50.4. The summed E-state index contributed by atoms with van der Waals surface area (Å²) < 4.78 is 83.9. The van der Waals surface area contributed by atoms with E-state index in [-0.39, 0.29) is 44.2 Å². The third kappa shape index (κ3) is 14.3. The summed E-state index contributed by atoms with van der Waals surface area (Å²) in [4.78, 5) is 47.3. The molecule has 0 aromatic heterocycles. The number of aliphatic carboxylic acids is 1. The van der Waals surface area contributed by atoms with E-state index in [2.05, 4.69) is 5.32 Å². The van der Waals surface area contributed by atoms with Crippen molar-refractivity contribution in [1.82, 2.24) is 10.6 Å². The molecule has 6 rings (SSSR count). The van der Waals surface area contributed by atoms with Gasteiger partial charge in [-0.25, -0.2) is 16.8 Å². The van der Waals surface area contributed by atoms with Gasteiger partial charge in [-0.05, 0) is 159 Å². The first-order valence-corrected chi connectivity index (χ1v) is 25.4. The minimum atomic E-state index is -4.28. The van der Waals surface area contributed by atoms with E-state index in [9.17, 15) is 56.1 Å². The number of ether oxygens (including phenoxy) is 1. The molecular weight excluding hydrogens is 988 g/mol. The summed E-state index contributed by atoms with van der Waals surface area (Å²) in [7, 11) is -14.1. The number of hydrogen-bond acceptors (Lipinski definition) is 17. The fourth-order valence-corrected chi connectivity index (χ4v) is 9.68. The van der Waals surface area contributed by atoms with Crippen molar-refractivity contribution in [3.05, 3.63) is 96.1 Å². The Hall–Kier alpha value is -5.40. The van der Waals surface area contributed by atoms with Gasteiger partial charge in [-0.3, -0.25) is 19.2 Å². The number of carbonyl (C=O) groups excluding carboxylic acids is 3. The van der Waals surface area contributed by atoms with Crippen LogP contribution in [0.15, 0.2) is 105 Å². The van der Waals surface area contributed by atoms with Gasteiger partial charge < -0.3 is 59.2 Å². The van der Waals surface area contributed by atoms with E-state index in [4.69, 9.17) is 28.5 Å². The fraction of sp³-hybridized carbons (Fsp3) is 0.404. The summed E-state index contributed by atoms with van der Waals surface area (Å²) in [6, 6.07) is 18.3. The summed E-state index contributed by atoms with van der Waals surface area (Å²) in [5.74, 6) is -3.53. The predicted molar refractivity (Wildman–Crippen MR) is 273 cm³/mol. The van der Waals surface area contributed by atoms with Crippen molar-refractivity contribution in [1.29, 1.82) is 0 Å². The number of esters is 1. The predicted octanol–water partition coefficient (Wildman–Crippen LogP) is 0.519. The van der Waals surface area contributed by atoms with Gasteiger partial charge in [-0.1, -0.05) is 31.7 Å². The Labute approximate surface area is 427 Å². The van der Waals surface area contributed by atoms with E-state index < -0.39 is 118 Å². The molecule has 392 valence electrons. The van der Waals surface area contributed by atoms with Crippen molar-refractivity contribution < 1.29 is 84.6 Å². The van der Waals surface area contributed by atoms with Crippen LogP contribution in [-0.2, 0) is 52.6 Å². The Kier molecular flexibility index (Phi) is 18.3. The standard InChI is InChI=1S/C31H43B2NO9S.C15H15B2NO9S.CH4/c1-27(2,3)39-25(35)19-34-26(36)20-15-22(33-42-30(8,9)31(10,11)43-33)18-24(16-20)44(37,38)23-14-12-13-21(17-23)32-40-28(4,5)29(6,7)41-32;19-14(20)8-18-15(21)9-4-11(17(24)25)7-13(5-9)28(26,27)12-3-1-2-10(6-12)16(22)23;/h12-18H,19H2,1-11H3,(H,34,36);1-7,22-25H,8H2,(H,18,21)(H,19,20);1H4. The van der Waals surface area contributed by atoms with E-state index in [1.165, 1.54) is 48.5 Å². The third-order valence-electron chi connectivity index (χ3n) is 12.2. The number of benzene rings is 4. The van der Waals surface area contributed by atoms with Crippen molar-refractivity contribution in [2.24, 2.45) is 0 Å². The number of carboxylic acids is 1. The molecule has 73 heavy (non-hydrogen) atoms. The molecule has 0 saturated carbocycles. The van der Waals surface area contributed by atoms with Crippen LogP contribution in [0.1, 0.15) is 104 Å². The molecule has 0 unspecified atom stereocenters. The molecule has 2 fully saturated rings. The molecule has 0 radical (unpaired) electrons. The maximum atomic E-state index is 14.1. The van der Waals surface area contributed by atoms with Gasteiger partial charge in [-0.2, -0.15) is 0 Å². The number of sulfone groups is 2. The zero-order chi connectivity index (χ0) is 54.2. The zero-order valence-corrected chi connectivity index (χ0v) is 43.3. The van der Waals surface area contributed by atoms with Crippen molar-refractivity contribution in [3.63, 3.8) is 0 Å². The second kappa shape index (κ2) is 22.2. The van der Waals surface area contributed by atoms with Crippen LogP contribution in [0.5, 0.6) is 0 Å². The molecule has 4 aromatic carbocycles. The molecule has 2 amide bonds. The lowest BCUT2D eigenvalue weighted by molar-refractivity contribution is -0.153. The lowest BCUT2D eigenvalue weighted by atomic mass is 9.78. The Balaban J connectivity index is 0.000000344. The van der Waals surface area contributed by atoms with Crippen LogP contribution in [0, 0.1) is 0 Å². The van der Waals surface area contributed by atoms with Crippen molar-refractivity contribution in [3.8, 4) is 0 Å². The fourth-order valence-electron chi connectivity index (χ4n) is 6.89. The van der Waals surface area contributed by atoms with Crippen LogP contribution >= 0.6 is 0 Å². The Morgan fingerprint density at radius 1 is 0.562 bits per heavy atom. The number of amides is 2. The van der Waals surface area contributed by atoms with Crippen LogP contribution < -0.4 is 32.5 Å². The molecule has 2 aliphatic rings. The first-order valence-electron chi connectivity index (χ1n) is 22.4. The molecule has 2 heterocycles.